The Morgan fingerprint density at radius 3 is 1.07 bits per heavy atom. The van der Waals surface area contributed by atoms with Crippen molar-refractivity contribution in [1.29, 1.82) is 0 Å². The van der Waals surface area contributed by atoms with Crippen molar-refractivity contribution in [2.24, 2.45) is 0 Å². The van der Waals surface area contributed by atoms with E-state index < -0.39 is 16.5 Å². The van der Waals surface area contributed by atoms with E-state index in [0.717, 1.165) is 13.1 Å². The summed E-state index contributed by atoms with van der Waals surface area (Å²) in [4.78, 5) is 0. The quantitative estimate of drug-likeness (QED) is 0.312. The van der Waals surface area contributed by atoms with Gasteiger partial charge in [0.25, 0.3) is 0 Å². The van der Waals surface area contributed by atoms with Crippen LogP contribution in [0.3, 0.4) is 0 Å². The number of rotatable bonds is 8. The van der Waals surface area contributed by atoms with Gasteiger partial charge >= 0.3 is 0 Å². The lowest BCUT2D eigenvalue weighted by molar-refractivity contribution is 1.07. The number of benzene rings is 2. The van der Waals surface area contributed by atoms with Crippen LogP contribution in [0.5, 0.6) is 0 Å². The molecule has 0 saturated carbocycles. The Bertz CT molecular complexity index is 775. The van der Waals surface area contributed by atoms with Gasteiger partial charge in [-0.3, -0.25) is 0 Å². The molecule has 2 aromatic carbocycles. The molecule has 0 heterocycles. The van der Waals surface area contributed by atoms with Gasteiger partial charge in [0.2, 0.25) is 0 Å². The topological polar surface area (TPSA) is 6.48 Å². The number of hydrogen-bond acceptors (Lipinski definition) is 2. The maximum Gasteiger partial charge on any atom is 0.147 e. The number of anilines is 2. The average molecular weight is 439 g/mol. The van der Waals surface area contributed by atoms with Gasteiger partial charge < -0.3 is 9.13 Å². The molecule has 0 amide bonds. The second-order valence-corrected chi connectivity index (χ2v) is 20.3. The van der Waals surface area contributed by atoms with Crippen LogP contribution < -0.4 is 9.13 Å². The first-order valence-electron chi connectivity index (χ1n) is 11.2. The van der Waals surface area contributed by atoms with Crippen LogP contribution in [0.15, 0.2) is 48.6 Å². The summed E-state index contributed by atoms with van der Waals surface area (Å²) >= 11 is 0. The van der Waals surface area contributed by atoms with Crippen molar-refractivity contribution in [3.8, 4) is 0 Å². The van der Waals surface area contributed by atoms with Gasteiger partial charge in [-0.2, -0.15) is 0 Å². The highest BCUT2D eigenvalue weighted by atomic mass is 28.3. The summed E-state index contributed by atoms with van der Waals surface area (Å²) < 4.78 is 5.35. The molecule has 0 aliphatic carbocycles. The van der Waals surface area contributed by atoms with Crippen LogP contribution in [0.4, 0.5) is 11.4 Å². The highest BCUT2D eigenvalue weighted by Crippen LogP contribution is 2.30. The molecule has 164 valence electrons. The van der Waals surface area contributed by atoms with Crippen molar-refractivity contribution in [2.75, 3.05) is 22.2 Å². The first-order chi connectivity index (χ1) is 13.8. The average Bonchev–Trinajstić information content (AvgIpc) is 2.59. The molecule has 0 fully saturated rings. The van der Waals surface area contributed by atoms with Gasteiger partial charge in [0.05, 0.1) is 0 Å². The van der Waals surface area contributed by atoms with Crippen molar-refractivity contribution >= 4 is 27.8 Å². The van der Waals surface area contributed by atoms with Crippen molar-refractivity contribution in [3.63, 3.8) is 0 Å². The minimum Gasteiger partial charge on any atom is -0.394 e. The molecule has 0 aromatic heterocycles. The highest BCUT2D eigenvalue weighted by Gasteiger charge is 2.27. The van der Waals surface area contributed by atoms with Crippen LogP contribution in [-0.2, 0) is 0 Å². The van der Waals surface area contributed by atoms with E-state index in [0.29, 0.717) is 0 Å². The van der Waals surface area contributed by atoms with E-state index in [4.69, 9.17) is 0 Å². The van der Waals surface area contributed by atoms with Crippen LogP contribution in [0.2, 0.25) is 39.3 Å². The zero-order valence-corrected chi connectivity index (χ0v) is 22.9. The van der Waals surface area contributed by atoms with Crippen molar-refractivity contribution < 1.29 is 0 Å². The molecule has 0 radical (unpaired) electrons. The molecule has 0 unspecified atom stereocenters. The van der Waals surface area contributed by atoms with Crippen LogP contribution in [0, 0.1) is 27.7 Å². The number of para-hydroxylation sites is 2. The number of aryl methyl sites for hydroxylation is 4. The Kier molecular flexibility index (Phi) is 7.81. The molecule has 0 aliphatic heterocycles. The lowest BCUT2D eigenvalue weighted by Gasteiger charge is -2.39. The second-order valence-electron chi connectivity index (χ2n) is 10.5. The molecular formula is C26H42N2Si2. The monoisotopic (exact) mass is 438 g/mol. The second kappa shape index (κ2) is 9.57. The standard InChI is InChI=1S/C26H42N2Si2/c1-21-15-13-16-22(2)25(21)27(29(5,6)7)19-11-12-20-28(30(8,9)10)26-23(3)17-14-18-24(26)4/h11-18H,19-20H2,1-10H3. The van der Waals surface area contributed by atoms with Gasteiger partial charge in [-0.05, 0) is 49.9 Å². The SMILES string of the molecule is Cc1cccc(C)c1N(CC=CCN(c1c(C)cccc1C)[Si](C)(C)C)[Si](C)(C)C. The summed E-state index contributed by atoms with van der Waals surface area (Å²) in [6, 6.07) is 13.3. The normalized spacial score (nSPS) is 12.5. The zero-order chi connectivity index (χ0) is 22.7. The van der Waals surface area contributed by atoms with E-state index in [1.54, 1.807) is 0 Å². The van der Waals surface area contributed by atoms with Crippen molar-refractivity contribution in [2.45, 2.75) is 67.0 Å². The molecule has 0 N–H and O–H groups in total. The largest absolute Gasteiger partial charge is 0.394 e. The fourth-order valence-corrected chi connectivity index (χ4v) is 7.58. The third kappa shape index (κ3) is 5.89. The smallest absolute Gasteiger partial charge is 0.147 e. The Morgan fingerprint density at radius 1 is 0.567 bits per heavy atom. The first-order valence-corrected chi connectivity index (χ1v) is 18.1. The fraction of sp³-hybridized carbons (Fsp3) is 0.462. The summed E-state index contributed by atoms with van der Waals surface area (Å²) in [5, 5.41) is 0. The Hall–Kier alpha value is -1.79. The molecule has 30 heavy (non-hydrogen) atoms. The number of nitrogens with zero attached hydrogens (tertiary/aromatic N) is 2. The summed E-state index contributed by atoms with van der Waals surface area (Å²) in [6.07, 6.45) is 4.79. The van der Waals surface area contributed by atoms with Gasteiger partial charge in [0.15, 0.2) is 0 Å². The van der Waals surface area contributed by atoms with Crippen LogP contribution in [0.1, 0.15) is 22.3 Å². The molecule has 2 nitrogen and oxygen atoms in total. The van der Waals surface area contributed by atoms with Crippen LogP contribution in [0.25, 0.3) is 0 Å². The number of hydrogen-bond donors (Lipinski definition) is 0. The van der Waals surface area contributed by atoms with Gasteiger partial charge in [-0.15, -0.1) is 0 Å². The van der Waals surface area contributed by atoms with Gasteiger partial charge in [0.1, 0.15) is 16.5 Å². The third-order valence-electron chi connectivity index (χ3n) is 5.78. The maximum atomic E-state index is 2.67. The van der Waals surface area contributed by atoms with E-state index in [9.17, 15) is 0 Å². The minimum atomic E-state index is -1.51. The Morgan fingerprint density at radius 2 is 0.833 bits per heavy atom. The molecule has 0 aliphatic rings. The minimum absolute atomic E-state index is 0.980. The summed E-state index contributed by atoms with van der Waals surface area (Å²) in [6.45, 7) is 25.6. The van der Waals surface area contributed by atoms with Gasteiger partial charge in [-0.1, -0.05) is 87.8 Å². The summed E-state index contributed by atoms with van der Waals surface area (Å²) in [7, 11) is -3.02. The van der Waals surface area contributed by atoms with Crippen LogP contribution in [-0.4, -0.2) is 29.6 Å². The summed E-state index contributed by atoms with van der Waals surface area (Å²) in [5.41, 5.74) is 8.38. The third-order valence-corrected chi connectivity index (χ3v) is 9.83. The first kappa shape index (κ1) is 24.5. The molecule has 0 atom stereocenters. The zero-order valence-electron chi connectivity index (χ0n) is 20.9. The fourth-order valence-electron chi connectivity index (χ4n) is 4.22. The van der Waals surface area contributed by atoms with Crippen molar-refractivity contribution in [1.82, 2.24) is 0 Å². The predicted octanol–water partition coefficient (Wildman–Crippen LogP) is 7.46. The van der Waals surface area contributed by atoms with E-state index in [1.807, 2.05) is 0 Å². The molecule has 0 spiro atoms. The van der Waals surface area contributed by atoms with E-state index in [-0.39, 0.29) is 0 Å². The maximum absolute atomic E-state index is 2.67. The van der Waals surface area contributed by atoms with Crippen molar-refractivity contribution in [3.05, 3.63) is 70.8 Å². The predicted molar refractivity (Wildman–Crippen MR) is 142 cm³/mol. The summed E-state index contributed by atoms with van der Waals surface area (Å²) in [5.74, 6) is 0. The molecular weight excluding hydrogens is 396 g/mol. The molecule has 0 bridgehead atoms. The molecule has 2 rings (SSSR count). The van der Waals surface area contributed by atoms with E-state index in [1.165, 1.54) is 33.6 Å². The molecule has 2 aromatic rings. The van der Waals surface area contributed by atoms with E-state index >= 15 is 0 Å². The highest BCUT2D eigenvalue weighted by molar-refractivity contribution is 6.80. The lowest BCUT2D eigenvalue weighted by atomic mass is 10.1. The molecule has 0 saturated heterocycles. The van der Waals surface area contributed by atoms with E-state index in [2.05, 4.69) is 125 Å². The Labute approximate surface area is 187 Å². The lowest BCUT2D eigenvalue weighted by Crippen LogP contribution is -2.48. The van der Waals surface area contributed by atoms with Crippen LogP contribution >= 0.6 is 0 Å². The van der Waals surface area contributed by atoms with Gasteiger partial charge in [-0.25, -0.2) is 0 Å². The Balaban J connectivity index is 2.28. The van der Waals surface area contributed by atoms with Gasteiger partial charge in [0, 0.05) is 24.5 Å². The molecule has 4 heteroatoms.